The number of amides is 2. The van der Waals surface area contributed by atoms with Crippen molar-refractivity contribution in [1.29, 1.82) is 0 Å². The average Bonchev–Trinajstić information content (AvgIpc) is 2.42. The first kappa shape index (κ1) is 15.7. The minimum atomic E-state index is -0.523. The van der Waals surface area contributed by atoms with Crippen molar-refractivity contribution < 1.29 is 14.3 Å². The molecule has 0 aromatic heterocycles. The summed E-state index contributed by atoms with van der Waals surface area (Å²) < 4.78 is 6.44. The second kappa shape index (κ2) is 6.82. The van der Waals surface area contributed by atoms with Crippen molar-refractivity contribution in [2.45, 2.75) is 13.3 Å². The Labute approximate surface area is 135 Å². The number of carbonyl (C=O) groups excluding carboxylic acids is 2. The SMILES string of the molecule is CCCOc1ccc(Br)cc1C=C1C(=O)NC(=S)NC1=O. The van der Waals surface area contributed by atoms with Crippen molar-refractivity contribution in [3.05, 3.63) is 33.8 Å². The van der Waals surface area contributed by atoms with Gasteiger partial charge in [-0.25, -0.2) is 0 Å². The van der Waals surface area contributed by atoms with Gasteiger partial charge in [0.15, 0.2) is 5.11 Å². The Balaban J connectivity index is 2.38. The zero-order chi connectivity index (χ0) is 15.4. The molecule has 0 unspecified atom stereocenters. The molecule has 2 amide bonds. The van der Waals surface area contributed by atoms with E-state index in [1.54, 1.807) is 12.1 Å². The van der Waals surface area contributed by atoms with Gasteiger partial charge in [0.1, 0.15) is 11.3 Å². The van der Waals surface area contributed by atoms with Crippen molar-refractivity contribution in [1.82, 2.24) is 10.6 Å². The van der Waals surface area contributed by atoms with Crippen molar-refractivity contribution in [2.75, 3.05) is 6.61 Å². The lowest BCUT2D eigenvalue weighted by atomic mass is 10.1. The summed E-state index contributed by atoms with van der Waals surface area (Å²) in [4.78, 5) is 23.7. The van der Waals surface area contributed by atoms with Crippen LogP contribution >= 0.6 is 28.1 Å². The van der Waals surface area contributed by atoms with E-state index < -0.39 is 11.8 Å². The lowest BCUT2D eigenvalue weighted by Crippen LogP contribution is -2.51. The molecule has 0 aliphatic carbocycles. The summed E-state index contributed by atoms with van der Waals surface area (Å²) in [5.74, 6) is -0.434. The largest absolute Gasteiger partial charge is 0.493 e. The third-order valence-corrected chi connectivity index (χ3v) is 3.37. The summed E-state index contributed by atoms with van der Waals surface area (Å²) in [6.07, 6.45) is 2.35. The maximum atomic E-state index is 11.8. The first-order valence-corrected chi connectivity index (χ1v) is 7.52. The van der Waals surface area contributed by atoms with Crippen LogP contribution in [0.15, 0.2) is 28.2 Å². The Bertz CT molecular complexity index is 621. The van der Waals surface area contributed by atoms with Gasteiger partial charge in [-0.2, -0.15) is 0 Å². The molecule has 1 aromatic rings. The van der Waals surface area contributed by atoms with Crippen LogP contribution in [-0.4, -0.2) is 23.5 Å². The Kier molecular flexibility index (Phi) is 5.08. The van der Waals surface area contributed by atoms with Gasteiger partial charge in [-0.15, -0.1) is 0 Å². The zero-order valence-corrected chi connectivity index (χ0v) is 13.6. The van der Waals surface area contributed by atoms with Crippen molar-refractivity contribution in [2.24, 2.45) is 0 Å². The summed E-state index contributed by atoms with van der Waals surface area (Å²) in [6, 6.07) is 5.41. The van der Waals surface area contributed by atoms with Gasteiger partial charge in [-0.1, -0.05) is 22.9 Å². The van der Waals surface area contributed by atoms with Gasteiger partial charge >= 0.3 is 0 Å². The normalized spacial score (nSPS) is 14.6. The van der Waals surface area contributed by atoms with Crippen molar-refractivity contribution >= 4 is 51.2 Å². The Hall–Kier alpha value is -1.73. The fourth-order valence-corrected chi connectivity index (χ4v) is 2.30. The van der Waals surface area contributed by atoms with Crippen LogP contribution in [0.5, 0.6) is 5.75 Å². The van der Waals surface area contributed by atoms with Crippen LogP contribution in [0.1, 0.15) is 18.9 Å². The topological polar surface area (TPSA) is 67.4 Å². The summed E-state index contributed by atoms with van der Waals surface area (Å²) in [7, 11) is 0. The van der Waals surface area contributed by atoms with E-state index in [9.17, 15) is 9.59 Å². The van der Waals surface area contributed by atoms with Crippen molar-refractivity contribution in [3.8, 4) is 5.75 Å². The van der Waals surface area contributed by atoms with E-state index in [1.165, 1.54) is 6.08 Å². The molecule has 0 radical (unpaired) electrons. The Morgan fingerprint density at radius 2 is 1.95 bits per heavy atom. The van der Waals surface area contributed by atoms with Gasteiger partial charge in [0.2, 0.25) is 0 Å². The smallest absolute Gasteiger partial charge is 0.263 e. The van der Waals surface area contributed by atoms with Gasteiger partial charge in [0, 0.05) is 10.0 Å². The number of hydrogen-bond acceptors (Lipinski definition) is 4. The van der Waals surface area contributed by atoms with Crippen molar-refractivity contribution in [3.63, 3.8) is 0 Å². The summed E-state index contributed by atoms with van der Waals surface area (Å²) in [6.45, 7) is 2.56. The number of nitrogens with one attached hydrogen (secondary N) is 2. The van der Waals surface area contributed by atoms with E-state index in [-0.39, 0.29) is 10.7 Å². The quantitative estimate of drug-likeness (QED) is 0.485. The highest BCUT2D eigenvalue weighted by Gasteiger charge is 2.26. The fourth-order valence-electron chi connectivity index (χ4n) is 1.74. The molecule has 2 rings (SSSR count). The van der Waals surface area contributed by atoms with E-state index in [2.05, 4.69) is 26.6 Å². The Morgan fingerprint density at radius 1 is 1.29 bits per heavy atom. The van der Waals surface area contributed by atoms with E-state index in [0.717, 1.165) is 10.9 Å². The number of hydrogen-bond donors (Lipinski definition) is 2. The third kappa shape index (κ3) is 3.89. The third-order valence-electron chi connectivity index (χ3n) is 2.68. The molecule has 0 bridgehead atoms. The molecule has 1 fully saturated rings. The molecule has 1 aromatic carbocycles. The summed E-state index contributed by atoms with van der Waals surface area (Å²) >= 11 is 8.12. The maximum absolute atomic E-state index is 11.8. The molecule has 0 spiro atoms. The second-order valence-corrected chi connectivity index (χ2v) is 5.65. The predicted molar refractivity (Wildman–Crippen MR) is 86.8 cm³/mol. The maximum Gasteiger partial charge on any atom is 0.263 e. The van der Waals surface area contributed by atoms with Crippen LogP contribution in [0, 0.1) is 0 Å². The first-order chi connectivity index (χ1) is 10.0. The number of benzene rings is 1. The molecule has 7 heteroatoms. The molecule has 5 nitrogen and oxygen atoms in total. The number of thiocarbonyl (C=S) groups is 1. The molecule has 110 valence electrons. The number of halogens is 1. The minimum Gasteiger partial charge on any atom is -0.493 e. The van der Waals surface area contributed by atoms with Crippen LogP contribution < -0.4 is 15.4 Å². The fraction of sp³-hybridized carbons (Fsp3) is 0.214. The highest BCUT2D eigenvalue weighted by Crippen LogP contribution is 2.26. The molecular formula is C14H13BrN2O3S. The Morgan fingerprint density at radius 3 is 2.57 bits per heavy atom. The van der Waals surface area contributed by atoms with Crippen LogP contribution in [0.4, 0.5) is 0 Å². The molecule has 0 atom stereocenters. The molecule has 1 aliphatic heterocycles. The lowest BCUT2D eigenvalue weighted by Gasteiger charge is -2.17. The molecule has 1 saturated heterocycles. The summed E-state index contributed by atoms with van der Waals surface area (Å²) in [5, 5.41) is 4.81. The van der Waals surface area contributed by atoms with Crippen LogP contribution in [-0.2, 0) is 9.59 Å². The first-order valence-electron chi connectivity index (χ1n) is 6.32. The van der Waals surface area contributed by atoms with Crippen LogP contribution in [0.2, 0.25) is 0 Å². The second-order valence-electron chi connectivity index (χ2n) is 4.33. The standard InChI is InChI=1S/C14H13BrN2O3S/c1-2-5-20-11-4-3-9(15)6-8(11)7-10-12(18)16-14(21)17-13(10)19/h3-4,6-7H,2,5H2,1H3,(H2,16,17,18,19,21). The highest BCUT2D eigenvalue weighted by molar-refractivity contribution is 9.10. The minimum absolute atomic E-state index is 0.0111. The molecule has 1 heterocycles. The lowest BCUT2D eigenvalue weighted by molar-refractivity contribution is -0.123. The molecular weight excluding hydrogens is 356 g/mol. The van der Waals surface area contributed by atoms with E-state index in [0.29, 0.717) is 17.9 Å². The van der Waals surface area contributed by atoms with Crippen LogP contribution in [0.25, 0.3) is 6.08 Å². The van der Waals surface area contributed by atoms with Gasteiger partial charge in [0.05, 0.1) is 6.61 Å². The van der Waals surface area contributed by atoms with Gasteiger partial charge in [-0.05, 0) is 42.9 Å². The number of ether oxygens (including phenoxy) is 1. The van der Waals surface area contributed by atoms with Crippen LogP contribution in [0.3, 0.4) is 0 Å². The zero-order valence-electron chi connectivity index (χ0n) is 11.2. The number of carbonyl (C=O) groups is 2. The highest BCUT2D eigenvalue weighted by atomic mass is 79.9. The monoisotopic (exact) mass is 368 g/mol. The molecule has 21 heavy (non-hydrogen) atoms. The number of rotatable bonds is 4. The van der Waals surface area contributed by atoms with E-state index >= 15 is 0 Å². The van der Waals surface area contributed by atoms with E-state index in [4.69, 9.17) is 17.0 Å². The average molecular weight is 369 g/mol. The summed E-state index contributed by atoms with van der Waals surface area (Å²) in [5.41, 5.74) is 0.633. The van der Waals surface area contributed by atoms with E-state index in [1.807, 2.05) is 13.0 Å². The van der Waals surface area contributed by atoms with Gasteiger partial charge in [-0.3, -0.25) is 20.2 Å². The predicted octanol–water partition coefficient (Wildman–Crippen LogP) is 2.15. The van der Waals surface area contributed by atoms with Gasteiger partial charge in [0.25, 0.3) is 11.8 Å². The van der Waals surface area contributed by atoms with Gasteiger partial charge < -0.3 is 4.74 Å². The molecule has 0 saturated carbocycles. The molecule has 1 aliphatic rings. The molecule has 2 N–H and O–H groups in total.